The molecule has 0 bridgehead atoms. The van der Waals surface area contributed by atoms with Crippen molar-refractivity contribution in [2.75, 3.05) is 11.9 Å². The second-order valence-electron chi connectivity index (χ2n) is 6.48. The summed E-state index contributed by atoms with van der Waals surface area (Å²) in [6.07, 6.45) is 6.61. The summed E-state index contributed by atoms with van der Waals surface area (Å²) in [6.45, 7) is 2.73. The third-order valence-electron chi connectivity index (χ3n) is 4.33. The summed E-state index contributed by atoms with van der Waals surface area (Å²) < 4.78 is 1.74. The van der Waals surface area contributed by atoms with Crippen LogP contribution in [0.15, 0.2) is 55.2 Å². The van der Waals surface area contributed by atoms with E-state index >= 15 is 0 Å². The molecule has 0 unspecified atom stereocenters. The summed E-state index contributed by atoms with van der Waals surface area (Å²) in [5.74, 6) is 0.0843. The van der Waals surface area contributed by atoms with Gasteiger partial charge in [-0.2, -0.15) is 0 Å². The SMILES string of the molecule is CCNC(=O)Nc1nc2cc(-n3cnc(C(=O)NCc4cccnc4)c3)ccc2[nH]1. The number of anilines is 1. The van der Waals surface area contributed by atoms with Crippen LogP contribution in [0.5, 0.6) is 0 Å². The minimum absolute atomic E-state index is 0.271. The Morgan fingerprint density at radius 2 is 2.10 bits per heavy atom. The fourth-order valence-corrected chi connectivity index (χ4v) is 2.88. The second-order valence-corrected chi connectivity index (χ2v) is 6.48. The molecular formula is C20H20N8O2. The van der Waals surface area contributed by atoms with Crippen LogP contribution in [0.3, 0.4) is 0 Å². The Morgan fingerprint density at radius 1 is 1.20 bits per heavy atom. The van der Waals surface area contributed by atoms with Crippen LogP contribution >= 0.6 is 0 Å². The summed E-state index contributed by atoms with van der Waals surface area (Å²) in [5.41, 5.74) is 3.46. The number of imidazole rings is 2. The van der Waals surface area contributed by atoms with Crippen LogP contribution in [-0.2, 0) is 6.54 Å². The van der Waals surface area contributed by atoms with Gasteiger partial charge in [-0.25, -0.2) is 14.8 Å². The minimum atomic E-state index is -0.326. The molecule has 10 nitrogen and oxygen atoms in total. The number of rotatable bonds is 6. The number of nitrogens with zero attached hydrogens (tertiary/aromatic N) is 4. The number of hydrogen-bond acceptors (Lipinski definition) is 5. The van der Waals surface area contributed by atoms with Crippen molar-refractivity contribution in [2.45, 2.75) is 13.5 Å². The average molecular weight is 404 g/mol. The number of hydrogen-bond donors (Lipinski definition) is 4. The molecule has 0 fully saturated rings. The summed E-state index contributed by atoms with van der Waals surface area (Å²) in [6, 6.07) is 8.94. The number of carbonyl (C=O) groups is 2. The number of aromatic amines is 1. The highest BCUT2D eigenvalue weighted by Gasteiger charge is 2.11. The van der Waals surface area contributed by atoms with E-state index in [0.29, 0.717) is 30.2 Å². The lowest BCUT2D eigenvalue weighted by molar-refractivity contribution is 0.0946. The number of pyridine rings is 1. The van der Waals surface area contributed by atoms with Gasteiger partial charge in [-0.3, -0.25) is 15.1 Å². The molecule has 1 aromatic carbocycles. The number of carbonyl (C=O) groups excluding carboxylic acids is 2. The maximum absolute atomic E-state index is 12.4. The Bertz CT molecular complexity index is 1180. The van der Waals surface area contributed by atoms with Crippen LogP contribution < -0.4 is 16.0 Å². The Morgan fingerprint density at radius 3 is 2.90 bits per heavy atom. The van der Waals surface area contributed by atoms with Gasteiger partial charge in [-0.15, -0.1) is 0 Å². The van der Waals surface area contributed by atoms with Gasteiger partial charge in [0.15, 0.2) is 0 Å². The van der Waals surface area contributed by atoms with Gasteiger partial charge in [0.05, 0.1) is 11.0 Å². The molecule has 0 radical (unpaired) electrons. The van der Waals surface area contributed by atoms with E-state index in [9.17, 15) is 9.59 Å². The fourth-order valence-electron chi connectivity index (χ4n) is 2.88. The first-order chi connectivity index (χ1) is 14.6. The third kappa shape index (κ3) is 4.27. The van der Waals surface area contributed by atoms with Crippen LogP contribution in [0.1, 0.15) is 23.0 Å². The van der Waals surface area contributed by atoms with Gasteiger partial charge in [0.25, 0.3) is 5.91 Å². The summed E-state index contributed by atoms with van der Waals surface area (Å²) in [7, 11) is 0. The summed E-state index contributed by atoms with van der Waals surface area (Å²) in [4.78, 5) is 39.7. The lowest BCUT2D eigenvalue weighted by Gasteiger charge is -2.03. The predicted molar refractivity (Wildman–Crippen MR) is 111 cm³/mol. The molecule has 152 valence electrons. The normalized spacial score (nSPS) is 10.7. The molecular weight excluding hydrogens is 384 g/mol. The maximum Gasteiger partial charge on any atom is 0.321 e. The maximum atomic E-state index is 12.4. The Kier molecular flexibility index (Phi) is 5.37. The molecule has 3 heterocycles. The highest BCUT2D eigenvalue weighted by molar-refractivity contribution is 5.92. The quantitative estimate of drug-likeness (QED) is 0.391. The van der Waals surface area contributed by atoms with Gasteiger partial charge >= 0.3 is 6.03 Å². The fraction of sp³-hybridized carbons (Fsp3) is 0.150. The van der Waals surface area contributed by atoms with Crippen LogP contribution in [0, 0.1) is 0 Å². The third-order valence-corrected chi connectivity index (χ3v) is 4.33. The molecule has 0 aliphatic carbocycles. The number of nitrogens with one attached hydrogen (secondary N) is 4. The molecule has 0 saturated heterocycles. The number of H-pyrrole nitrogens is 1. The van der Waals surface area contributed by atoms with Crippen molar-refractivity contribution >= 4 is 28.9 Å². The van der Waals surface area contributed by atoms with E-state index in [0.717, 1.165) is 16.8 Å². The molecule has 30 heavy (non-hydrogen) atoms. The first-order valence-electron chi connectivity index (χ1n) is 9.38. The van der Waals surface area contributed by atoms with Crippen molar-refractivity contribution in [3.8, 4) is 5.69 Å². The van der Waals surface area contributed by atoms with E-state index in [2.05, 4.69) is 35.9 Å². The first-order valence-corrected chi connectivity index (χ1v) is 9.38. The molecule has 0 spiro atoms. The van der Waals surface area contributed by atoms with Crippen LogP contribution in [-0.4, -0.2) is 43.0 Å². The van der Waals surface area contributed by atoms with E-state index < -0.39 is 0 Å². The topological polar surface area (TPSA) is 130 Å². The zero-order valence-corrected chi connectivity index (χ0v) is 16.2. The average Bonchev–Trinajstić information content (AvgIpc) is 3.39. The molecule has 10 heteroatoms. The Labute approximate surface area is 171 Å². The Hall–Kier alpha value is -4.21. The number of aromatic nitrogens is 5. The van der Waals surface area contributed by atoms with E-state index in [4.69, 9.17) is 0 Å². The molecule has 0 atom stereocenters. The van der Waals surface area contributed by atoms with E-state index in [-0.39, 0.29) is 11.9 Å². The molecule has 4 aromatic rings. The van der Waals surface area contributed by atoms with Crippen molar-refractivity contribution in [1.82, 2.24) is 35.1 Å². The van der Waals surface area contributed by atoms with Crippen molar-refractivity contribution in [3.63, 3.8) is 0 Å². The Balaban J connectivity index is 1.47. The molecule has 3 aromatic heterocycles. The standard InChI is InChI=1S/C20H20N8O2/c1-2-22-20(30)27-19-25-15-6-5-14(8-16(15)26-19)28-11-17(24-12-28)18(29)23-10-13-4-3-7-21-9-13/h3-9,11-12H,2,10H2,1H3,(H,23,29)(H3,22,25,26,27,30). The predicted octanol–water partition coefficient (Wildman–Crippen LogP) is 2.21. The van der Waals surface area contributed by atoms with Crippen molar-refractivity contribution in [1.29, 1.82) is 0 Å². The molecule has 4 rings (SSSR count). The zero-order valence-electron chi connectivity index (χ0n) is 16.2. The van der Waals surface area contributed by atoms with Crippen LogP contribution in [0.25, 0.3) is 16.7 Å². The molecule has 3 amide bonds. The van der Waals surface area contributed by atoms with E-state index in [1.807, 2.05) is 37.3 Å². The van der Waals surface area contributed by atoms with Gasteiger partial charge in [0.2, 0.25) is 5.95 Å². The highest BCUT2D eigenvalue weighted by atomic mass is 16.2. The van der Waals surface area contributed by atoms with E-state index in [1.54, 1.807) is 29.5 Å². The molecule has 4 N–H and O–H groups in total. The number of amides is 3. The molecule has 0 aliphatic rings. The largest absolute Gasteiger partial charge is 0.347 e. The number of benzene rings is 1. The van der Waals surface area contributed by atoms with Crippen molar-refractivity contribution in [2.24, 2.45) is 0 Å². The lowest BCUT2D eigenvalue weighted by Crippen LogP contribution is -2.28. The van der Waals surface area contributed by atoms with Gasteiger partial charge in [-0.1, -0.05) is 6.07 Å². The monoisotopic (exact) mass is 404 g/mol. The van der Waals surface area contributed by atoms with E-state index in [1.165, 1.54) is 0 Å². The van der Waals surface area contributed by atoms with Crippen molar-refractivity contribution in [3.05, 3.63) is 66.5 Å². The summed E-state index contributed by atoms with van der Waals surface area (Å²) >= 11 is 0. The van der Waals surface area contributed by atoms with Gasteiger partial charge in [0.1, 0.15) is 12.0 Å². The molecule has 0 aliphatic heterocycles. The van der Waals surface area contributed by atoms with Crippen molar-refractivity contribution < 1.29 is 9.59 Å². The van der Waals surface area contributed by atoms with Gasteiger partial charge < -0.3 is 20.2 Å². The summed E-state index contributed by atoms with van der Waals surface area (Å²) in [5, 5.41) is 8.11. The first kappa shape index (κ1) is 19.1. The second kappa shape index (κ2) is 8.43. The van der Waals surface area contributed by atoms with Crippen LogP contribution in [0.2, 0.25) is 0 Å². The lowest BCUT2D eigenvalue weighted by atomic mass is 10.2. The number of fused-ring (bicyclic) bond motifs is 1. The highest BCUT2D eigenvalue weighted by Crippen LogP contribution is 2.19. The minimum Gasteiger partial charge on any atom is -0.347 e. The van der Waals surface area contributed by atoms with Gasteiger partial charge in [0, 0.05) is 37.4 Å². The van der Waals surface area contributed by atoms with Gasteiger partial charge in [-0.05, 0) is 36.8 Å². The van der Waals surface area contributed by atoms with Crippen LogP contribution in [0.4, 0.5) is 10.7 Å². The molecule has 0 saturated carbocycles. The number of urea groups is 1. The zero-order chi connectivity index (χ0) is 20.9. The smallest absolute Gasteiger partial charge is 0.321 e.